The molecule has 9 heteroatoms. The van der Waals surface area contributed by atoms with Gasteiger partial charge in [-0.15, -0.1) is 0 Å². The molecule has 4 atom stereocenters. The molecule has 180 valence electrons. The van der Waals surface area contributed by atoms with E-state index in [9.17, 15) is 0 Å². The Morgan fingerprint density at radius 1 is 1.14 bits per heavy atom. The van der Waals surface area contributed by atoms with Gasteiger partial charge in [-0.2, -0.15) is 0 Å². The lowest BCUT2D eigenvalue weighted by molar-refractivity contribution is -0.148. The van der Waals surface area contributed by atoms with E-state index in [0.29, 0.717) is 16.0 Å². The average Bonchev–Trinajstić information content (AvgIpc) is 3.46. The van der Waals surface area contributed by atoms with Gasteiger partial charge in [0.25, 0.3) is 0 Å². The number of ether oxygens (including phenoxy) is 2. The smallest absolute Gasteiger partial charge is 0.164 e. The van der Waals surface area contributed by atoms with E-state index in [1.165, 1.54) is 17.5 Å². The lowest BCUT2D eigenvalue weighted by atomic mass is 9.91. The van der Waals surface area contributed by atoms with Gasteiger partial charge in [-0.1, -0.05) is 48.3 Å². The Hall–Kier alpha value is -2.71. The van der Waals surface area contributed by atoms with Crippen LogP contribution in [0.5, 0.6) is 0 Å². The third-order valence-electron chi connectivity index (χ3n) is 6.91. The number of fused-ring (bicyclic) bond motifs is 3. The summed E-state index contributed by atoms with van der Waals surface area (Å²) in [4.78, 5) is 13.1. The second kappa shape index (κ2) is 8.17. The van der Waals surface area contributed by atoms with Crippen LogP contribution in [0, 0.1) is 5.92 Å². The highest BCUT2D eigenvalue weighted by atomic mass is 35.5. The van der Waals surface area contributed by atoms with E-state index >= 15 is 0 Å². The van der Waals surface area contributed by atoms with Crippen LogP contribution in [0.15, 0.2) is 54.5 Å². The van der Waals surface area contributed by atoms with Crippen molar-refractivity contribution in [1.29, 1.82) is 0 Å². The highest BCUT2D eigenvalue weighted by Crippen LogP contribution is 2.46. The molecule has 6 rings (SSSR count). The molecule has 1 aliphatic heterocycles. The van der Waals surface area contributed by atoms with Crippen LogP contribution in [-0.2, 0) is 15.9 Å². The van der Waals surface area contributed by atoms with E-state index in [4.69, 9.17) is 38.4 Å². The van der Waals surface area contributed by atoms with Gasteiger partial charge in [0.1, 0.15) is 35.2 Å². The van der Waals surface area contributed by atoms with E-state index in [-0.39, 0.29) is 24.2 Å². The van der Waals surface area contributed by atoms with Crippen molar-refractivity contribution >= 4 is 51.0 Å². The molecule has 4 heterocycles. The van der Waals surface area contributed by atoms with E-state index in [1.54, 1.807) is 0 Å². The zero-order valence-electron chi connectivity index (χ0n) is 19.6. The van der Waals surface area contributed by atoms with Crippen LogP contribution in [0.4, 0.5) is 5.82 Å². The summed E-state index contributed by atoms with van der Waals surface area (Å²) in [5, 5.41) is 2.70. The molecule has 1 saturated heterocycles. The standard InChI is InChI=1S/C26H25Cl2N5O2/c1-13(8-14-4-5-15-10-18(27)24(29)32-19(15)9-14)17-11-20(22-21(17)34-26(2,3)35-22)33-7-6-16-23(28)30-12-31-25(16)33/h4-7,9-13,20-22H,8H2,1-3H3,(H2,29,32)/t13?,20-,21-,22+/m1/s1. The topological polar surface area (TPSA) is 88.1 Å². The van der Waals surface area contributed by atoms with Gasteiger partial charge < -0.3 is 19.8 Å². The molecule has 4 aromatic rings. The molecular weight excluding hydrogens is 485 g/mol. The van der Waals surface area contributed by atoms with Gasteiger partial charge in [-0.3, -0.25) is 0 Å². The maximum absolute atomic E-state index is 6.40. The molecule has 1 aliphatic carbocycles. The van der Waals surface area contributed by atoms with Crippen LogP contribution in [-0.4, -0.2) is 37.5 Å². The summed E-state index contributed by atoms with van der Waals surface area (Å²) in [6, 6.07) is 9.97. The Balaban J connectivity index is 1.35. The van der Waals surface area contributed by atoms with E-state index in [2.05, 4.69) is 44.7 Å². The van der Waals surface area contributed by atoms with Crippen molar-refractivity contribution < 1.29 is 9.47 Å². The maximum Gasteiger partial charge on any atom is 0.164 e. The number of hydrogen-bond donors (Lipinski definition) is 1. The number of nitrogens with two attached hydrogens (primary N) is 1. The fraction of sp³-hybridized carbons (Fsp3) is 0.346. The molecule has 0 radical (unpaired) electrons. The van der Waals surface area contributed by atoms with Crippen LogP contribution in [0.1, 0.15) is 32.4 Å². The van der Waals surface area contributed by atoms with Gasteiger partial charge >= 0.3 is 0 Å². The maximum atomic E-state index is 6.40. The van der Waals surface area contributed by atoms with Crippen molar-refractivity contribution in [1.82, 2.24) is 19.5 Å². The Kier molecular flexibility index (Phi) is 5.30. The quantitative estimate of drug-likeness (QED) is 0.278. The van der Waals surface area contributed by atoms with Gasteiger partial charge in [0.05, 0.1) is 22.0 Å². The number of halogens is 2. The van der Waals surface area contributed by atoms with Crippen LogP contribution in [0.2, 0.25) is 10.2 Å². The predicted octanol–water partition coefficient (Wildman–Crippen LogP) is 5.75. The molecule has 1 unspecified atom stereocenters. The molecule has 1 fully saturated rings. The number of pyridine rings is 1. The molecule has 35 heavy (non-hydrogen) atoms. The van der Waals surface area contributed by atoms with E-state index in [0.717, 1.165) is 28.4 Å². The first-order valence-corrected chi connectivity index (χ1v) is 12.3. The number of aromatic nitrogens is 4. The van der Waals surface area contributed by atoms with Crippen LogP contribution >= 0.6 is 23.2 Å². The molecule has 0 spiro atoms. The molecule has 3 aromatic heterocycles. The summed E-state index contributed by atoms with van der Waals surface area (Å²) in [6.45, 7) is 6.14. The van der Waals surface area contributed by atoms with Crippen molar-refractivity contribution in [3.63, 3.8) is 0 Å². The molecule has 1 aromatic carbocycles. The van der Waals surface area contributed by atoms with Gasteiger partial charge in [0.15, 0.2) is 5.79 Å². The number of rotatable bonds is 4. The summed E-state index contributed by atoms with van der Waals surface area (Å²) in [7, 11) is 0. The highest BCUT2D eigenvalue weighted by Gasteiger charge is 2.51. The summed E-state index contributed by atoms with van der Waals surface area (Å²) < 4.78 is 14.9. The largest absolute Gasteiger partial charge is 0.382 e. The first-order valence-electron chi connectivity index (χ1n) is 11.6. The average molecular weight is 510 g/mol. The van der Waals surface area contributed by atoms with Crippen molar-refractivity contribution in [3.8, 4) is 0 Å². The third-order valence-corrected chi connectivity index (χ3v) is 7.52. The number of benzene rings is 1. The van der Waals surface area contributed by atoms with Gasteiger partial charge in [-0.25, -0.2) is 15.0 Å². The first-order chi connectivity index (χ1) is 16.7. The van der Waals surface area contributed by atoms with Crippen LogP contribution in [0.25, 0.3) is 21.9 Å². The minimum atomic E-state index is -0.675. The van der Waals surface area contributed by atoms with Gasteiger partial charge in [0, 0.05) is 11.6 Å². The number of anilines is 1. The second-order valence-electron chi connectivity index (χ2n) is 9.79. The van der Waals surface area contributed by atoms with Crippen LogP contribution in [0.3, 0.4) is 0 Å². The van der Waals surface area contributed by atoms with E-state index < -0.39 is 5.79 Å². The van der Waals surface area contributed by atoms with E-state index in [1.807, 2.05) is 38.2 Å². The molecule has 0 saturated carbocycles. The predicted molar refractivity (Wildman–Crippen MR) is 138 cm³/mol. The Morgan fingerprint density at radius 3 is 2.80 bits per heavy atom. The SMILES string of the molecule is CC(Cc1ccc2cc(Cl)c(N)nc2c1)C1=C[C@@H](n2ccc3c(Cl)ncnc32)[C@@H]2OC(C)(C)O[C@H]12. The highest BCUT2D eigenvalue weighted by molar-refractivity contribution is 6.34. The zero-order valence-corrected chi connectivity index (χ0v) is 21.1. The number of nitrogen functional groups attached to an aromatic ring is 1. The third kappa shape index (κ3) is 3.87. The number of nitrogens with zero attached hydrogens (tertiary/aromatic N) is 4. The van der Waals surface area contributed by atoms with Crippen molar-refractivity contribution in [2.24, 2.45) is 5.92 Å². The molecule has 2 N–H and O–H groups in total. The Labute approximate surface area is 212 Å². The molecule has 0 amide bonds. The fourth-order valence-corrected chi connectivity index (χ4v) is 5.70. The van der Waals surface area contributed by atoms with Crippen LogP contribution < -0.4 is 5.73 Å². The lowest BCUT2D eigenvalue weighted by Crippen LogP contribution is -2.28. The first kappa shape index (κ1) is 22.7. The van der Waals surface area contributed by atoms with Crippen molar-refractivity contribution in [2.75, 3.05) is 5.73 Å². The van der Waals surface area contributed by atoms with Gasteiger partial charge in [-0.05, 0) is 55.5 Å². The molecular formula is C26H25Cl2N5O2. The minimum Gasteiger partial charge on any atom is -0.382 e. The summed E-state index contributed by atoms with van der Waals surface area (Å²) in [5.74, 6) is -0.117. The Morgan fingerprint density at radius 2 is 1.97 bits per heavy atom. The zero-order chi connectivity index (χ0) is 24.5. The summed E-state index contributed by atoms with van der Waals surface area (Å²) >= 11 is 12.4. The van der Waals surface area contributed by atoms with Crippen molar-refractivity contribution in [2.45, 2.75) is 51.2 Å². The Bertz CT molecular complexity index is 1500. The summed E-state index contributed by atoms with van der Waals surface area (Å²) in [5.41, 5.74) is 9.94. The normalized spacial score (nSPS) is 24.1. The lowest BCUT2D eigenvalue weighted by Gasteiger charge is -2.22. The summed E-state index contributed by atoms with van der Waals surface area (Å²) in [6.07, 6.45) is 6.27. The number of hydrogen-bond acceptors (Lipinski definition) is 6. The second-order valence-corrected chi connectivity index (χ2v) is 10.6. The molecule has 0 bridgehead atoms. The fourth-order valence-electron chi connectivity index (χ4n) is 5.35. The minimum absolute atomic E-state index is 0.0668. The van der Waals surface area contributed by atoms with Crippen molar-refractivity contribution in [3.05, 3.63) is 70.2 Å². The molecule has 2 aliphatic rings. The monoisotopic (exact) mass is 509 g/mol. The van der Waals surface area contributed by atoms with Gasteiger partial charge in [0.2, 0.25) is 0 Å². The molecule has 7 nitrogen and oxygen atoms in total.